The lowest BCUT2D eigenvalue weighted by Crippen LogP contribution is -2.32. The molecule has 0 fully saturated rings. The lowest BCUT2D eigenvalue weighted by atomic mass is 10.2. The maximum absolute atomic E-state index is 12.6. The molecule has 0 unspecified atom stereocenters. The molecule has 1 aromatic carbocycles. The third kappa shape index (κ3) is 4.32. The van der Waals surface area contributed by atoms with Crippen LogP contribution in [0.5, 0.6) is 0 Å². The summed E-state index contributed by atoms with van der Waals surface area (Å²) >= 11 is 1.49. The van der Waals surface area contributed by atoms with Gasteiger partial charge in [0, 0.05) is 32.2 Å². The minimum Gasteiger partial charge on any atom is -0.382 e. The van der Waals surface area contributed by atoms with Crippen LogP contribution in [0, 0.1) is 0 Å². The van der Waals surface area contributed by atoms with Crippen molar-refractivity contribution in [2.75, 3.05) is 13.7 Å². The van der Waals surface area contributed by atoms with E-state index in [1.807, 2.05) is 31.3 Å². The number of ether oxygens (including phenoxy) is 1. The van der Waals surface area contributed by atoms with Crippen molar-refractivity contribution in [3.8, 4) is 0 Å². The van der Waals surface area contributed by atoms with Crippen LogP contribution in [0.2, 0.25) is 0 Å². The van der Waals surface area contributed by atoms with Crippen LogP contribution in [0.3, 0.4) is 0 Å². The van der Waals surface area contributed by atoms with Gasteiger partial charge in [0.2, 0.25) is 0 Å². The predicted octanol–water partition coefficient (Wildman–Crippen LogP) is 2.58. The molecule has 3 aromatic rings. The molecule has 0 saturated carbocycles. The quantitative estimate of drug-likeness (QED) is 0.706. The van der Waals surface area contributed by atoms with Gasteiger partial charge in [0.25, 0.3) is 5.91 Å². The Labute approximate surface area is 150 Å². The molecule has 0 aliphatic carbocycles. The summed E-state index contributed by atoms with van der Waals surface area (Å²) in [4.78, 5) is 17.0. The molecule has 1 atom stereocenters. The van der Waals surface area contributed by atoms with E-state index < -0.39 is 0 Å². The van der Waals surface area contributed by atoms with E-state index in [-0.39, 0.29) is 11.9 Å². The normalized spacial score (nSPS) is 12.1. The summed E-state index contributed by atoms with van der Waals surface area (Å²) in [5.74, 6) is -0.209. The van der Waals surface area contributed by atoms with E-state index in [1.54, 1.807) is 23.4 Å². The van der Waals surface area contributed by atoms with Gasteiger partial charge in [-0.15, -0.1) is 11.3 Å². The number of carbonyl (C=O) groups excluding carboxylic acids is 1. The van der Waals surface area contributed by atoms with Gasteiger partial charge in [0.1, 0.15) is 5.69 Å². The third-order valence-electron chi connectivity index (χ3n) is 3.84. The Hall–Kier alpha value is -2.51. The van der Waals surface area contributed by atoms with Gasteiger partial charge in [-0.3, -0.25) is 9.48 Å². The molecule has 1 N–H and O–H groups in total. The van der Waals surface area contributed by atoms with Gasteiger partial charge in [0.05, 0.1) is 23.4 Å². The number of rotatable bonds is 7. The maximum atomic E-state index is 12.6. The van der Waals surface area contributed by atoms with Crippen molar-refractivity contribution >= 4 is 17.2 Å². The first-order chi connectivity index (χ1) is 12.2. The Morgan fingerprint density at radius 1 is 1.32 bits per heavy atom. The molecule has 0 aliphatic heterocycles. The van der Waals surface area contributed by atoms with Crippen LogP contribution in [-0.2, 0) is 18.2 Å². The average Bonchev–Trinajstić information content (AvgIpc) is 3.24. The van der Waals surface area contributed by atoms with Gasteiger partial charge in [-0.25, -0.2) is 4.98 Å². The highest BCUT2D eigenvalue weighted by atomic mass is 32.1. The van der Waals surface area contributed by atoms with Crippen LogP contribution in [0.4, 0.5) is 0 Å². The molecule has 25 heavy (non-hydrogen) atoms. The van der Waals surface area contributed by atoms with Crippen LogP contribution in [0.15, 0.2) is 48.0 Å². The standard InChI is InChI=1S/C18H20N4O2S/c1-22-16(8-9-19-22)14(11-24-2)21-18(23)15-12-25-17(20-15)10-13-6-4-3-5-7-13/h3-9,12,14H,10-11H2,1-2H3,(H,21,23)/t14-/m1/s1. The Morgan fingerprint density at radius 3 is 2.80 bits per heavy atom. The minimum absolute atomic E-state index is 0.209. The molecule has 2 heterocycles. The smallest absolute Gasteiger partial charge is 0.271 e. The lowest BCUT2D eigenvalue weighted by Gasteiger charge is -2.17. The molecule has 7 heteroatoms. The van der Waals surface area contributed by atoms with Crippen molar-refractivity contribution in [2.24, 2.45) is 7.05 Å². The molecule has 0 aliphatic rings. The Kier molecular flexibility index (Phi) is 5.57. The van der Waals surface area contributed by atoms with E-state index in [1.165, 1.54) is 16.9 Å². The number of benzene rings is 1. The molecule has 0 bridgehead atoms. The van der Waals surface area contributed by atoms with Crippen LogP contribution >= 0.6 is 11.3 Å². The zero-order chi connectivity index (χ0) is 17.6. The van der Waals surface area contributed by atoms with E-state index in [9.17, 15) is 4.79 Å². The summed E-state index contributed by atoms with van der Waals surface area (Å²) in [5, 5.41) is 9.83. The largest absolute Gasteiger partial charge is 0.382 e. The number of aryl methyl sites for hydroxylation is 1. The van der Waals surface area contributed by atoms with Gasteiger partial charge >= 0.3 is 0 Å². The second-order valence-corrected chi connectivity index (χ2v) is 6.59. The maximum Gasteiger partial charge on any atom is 0.271 e. The van der Waals surface area contributed by atoms with Crippen LogP contribution < -0.4 is 5.32 Å². The topological polar surface area (TPSA) is 69.0 Å². The van der Waals surface area contributed by atoms with E-state index in [4.69, 9.17) is 4.74 Å². The van der Waals surface area contributed by atoms with E-state index >= 15 is 0 Å². The first-order valence-corrected chi connectivity index (χ1v) is 8.81. The Balaban J connectivity index is 1.69. The summed E-state index contributed by atoms with van der Waals surface area (Å²) < 4.78 is 6.96. The molecule has 3 rings (SSSR count). The molecule has 6 nitrogen and oxygen atoms in total. The van der Waals surface area contributed by atoms with Crippen LogP contribution in [0.25, 0.3) is 0 Å². The van der Waals surface area contributed by atoms with Crippen molar-refractivity contribution in [3.05, 3.63) is 69.9 Å². The van der Waals surface area contributed by atoms with Gasteiger partial charge in [0.15, 0.2) is 0 Å². The summed E-state index contributed by atoms with van der Waals surface area (Å²) in [7, 11) is 3.45. The number of nitrogens with one attached hydrogen (secondary N) is 1. The third-order valence-corrected chi connectivity index (χ3v) is 4.69. The number of aromatic nitrogens is 3. The van der Waals surface area contributed by atoms with Crippen molar-refractivity contribution in [2.45, 2.75) is 12.5 Å². The van der Waals surface area contributed by atoms with Crippen molar-refractivity contribution in [1.82, 2.24) is 20.1 Å². The highest BCUT2D eigenvalue weighted by molar-refractivity contribution is 7.09. The lowest BCUT2D eigenvalue weighted by molar-refractivity contribution is 0.0888. The predicted molar refractivity (Wildman–Crippen MR) is 96.7 cm³/mol. The number of amides is 1. The molecule has 0 saturated heterocycles. The molecule has 130 valence electrons. The van der Waals surface area contributed by atoms with E-state index in [0.717, 1.165) is 17.1 Å². The molecular weight excluding hydrogens is 336 g/mol. The SMILES string of the molecule is COC[C@@H](NC(=O)c1csc(Cc2ccccc2)n1)c1ccnn1C. The fourth-order valence-electron chi connectivity index (χ4n) is 2.59. The zero-order valence-corrected chi connectivity index (χ0v) is 15.0. The van der Waals surface area contributed by atoms with Crippen molar-refractivity contribution in [1.29, 1.82) is 0 Å². The van der Waals surface area contributed by atoms with Crippen molar-refractivity contribution < 1.29 is 9.53 Å². The number of thiazole rings is 1. The van der Waals surface area contributed by atoms with Crippen LogP contribution in [-0.4, -0.2) is 34.4 Å². The van der Waals surface area contributed by atoms with Gasteiger partial charge < -0.3 is 10.1 Å². The number of carbonyl (C=O) groups is 1. The number of methoxy groups -OCH3 is 1. The zero-order valence-electron chi connectivity index (χ0n) is 14.2. The van der Waals surface area contributed by atoms with E-state index in [0.29, 0.717) is 12.3 Å². The van der Waals surface area contributed by atoms with Gasteiger partial charge in [-0.2, -0.15) is 5.10 Å². The second-order valence-electron chi connectivity index (χ2n) is 5.65. The fraction of sp³-hybridized carbons (Fsp3) is 0.278. The second kappa shape index (κ2) is 8.04. The molecule has 0 radical (unpaired) electrons. The molecule has 2 aromatic heterocycles. The highest BCUT2D eigenvalue weighted by Gasteiger charge is 2.20. The Morgan fingerprint density at radius 2 is 2.12 bits per heavy atom. The summed E-state index contributed by atoms with van der Waals surface area (Å²) in [6.45, 7) is 0.367. The average molecular weight is 356 g/mol. The summed E-state index contributed by atoms with van der Waals surface area (Å²) in [6.07, 6.45) is 2.42. The summed E-state index contributed by atoms with van der Waals surface area (Å²) in [5.41, 5.74) is 2.49. The van der Waals surface area contributed by atoms with Gasteiger partial charge in [-0.1, -0.05) is 30.3 Å². The highest BCUT2D eigenvalue weighted by Crippen LogP contribution is 2.17. The van der Waals surface area contributed by atoms with E-state index in [2.05, 4.69) is 27.5 Å². The minimum atomic E-state index is -0.274. The molecule has 1 amide bonds. The monoisotopic (exact) mass is 356 g/mol. The summed E-state index contributed by atoms with van der Waals surface area (Å²) in [6, 6.07) is 11.7. The Bertz CT molecular complexity index is 828. The first kappa shape index (κ1) is 17.3. The van der Waals surface area contributed by atoms with Crippen molar-refractivity contribution in [3.63, 3.8) is 0 Å². The number of hydrogen-bond acceptors (Lipinski definition) is 5. The first-order valence-electron chi connectivity index (χ1n) is 7.93. The fourth-order valence-corrected chi connectivity index (χ4v) is 3.40. The van der Waals surface area contributed by atoms with Gasteiger partial charge in [-0.05, 0) is 11.6 Å². The number of hydrogen-bond donors (Lipinski definition) is 1. The number of nitrogens with zero attached hydrogens (tertiary/aromatic N) is 3. The molecule has 0 spiro atoms. The molecular formula is C18H20N4O2S. The van der Waals surface area contributed by atoms with Crippen LogP contribution in [0.1, 0.15) is 32.8 Å².